The fourth-order valence-corrected chi connectivity index (χ4v) is 3.43. The van der Waals surface area contributed by atoms with Crippen LogP contribution in [0.5, 0.6) is 0 Å². The van der Waals surface area contributed by atoms with Crippen LogP contribution in [-0.2, 0) is 9.59 Å². The van der Waals surface area contributed by atoms with Gasteiger partial charge >= 0.3 is 6.03 Å². The van der Waals surface area contributed by atoms with Gasteiger partial charge in [-0.2, -0.15) is 0 Å². The molecular formula is C17H21ClN4O3. The van der Waals surface area contributed by atoms with E-state index in [1.54, 1.807) is 11.8 Å². The molecule has 1 atom stereocenters. The smallest absolute Gasteiger partial charge is 0.322 e. The standard InChI is InChI=1S/C17H21ClN4O3/c1-17(15(24)19-16(25)20-17)7-6-14(23)22-10-8-21(9-11-22)13-5-3-2-4-12(13)18/h2-5H,6-11H2,1H3,(H2,19,20,24,25). The van der Waals surface area contributed by atoms with Crippen molar-refractivity contribution in [1.29, 1.82) is 0 Å². The van der Waals surface area contributed by atoms with Gasteiger partial charge in [0.2, 0.25) is 5.91 Å². The first-order chi connectivity index (χ1) is 11.9. The Morgan fingerprint density at radius 3 is 2.48 bits per heavy atom. The second kappa shape index (κ2) is 6.92. The lowest BCUT2D eigenvalue weighted by molar-refractivity contribution is -0.132. The number of amides is 4. The van der Waals surface area contributed by atoms with E-state index in [0.29, 0.717) is 31.2 Å². The summed E-state index contributed by atoms with van der Waals surface area (Å²) in [5.74, 6) is -0.386. The molecule has 2 aliphatic heterocycles. The number of benzene rings is 1. The number of nitrogens with zero attached hydrogens (tertiary/aromatic N) is 2. The number of halogens is 1. The predicted octanol–water partition coefficient (Wildman–Crippen LogP) is 1.37. The lowest BCUT2D eigenvalue weighted by Crippen LogP contribution is -2.50. The van der Waals surface area contributed by atoms with E-state index >= 15 is 0 Å². The summed E-state index contributed by atoms with van der Waals surface area (Å²) >= 11 is 6.23. The first-order valence-electron chi connectivity index (χ1n) is 8.30. The summed E-state index contributed by atoms with van der Waals surface area (Å²) in [6.07, 6.45) is 0.504. The molecule has 25 heavy (non-hydrogen) atoms. The number of para-hydroxylation sites is 1. The maximum absolute atomic E-state index is 12.4. The lowest BCUT2D eigenvalue weighted by atomic mass is 9.96. The predicted molar refractivity (Wildman–Crippen MR) is 94.6 cm³/mol. The molecule has 0 spiro atoms. The molecule has 2 fully saturated rings. The summed E-state index contributed by atoms with van der Waals surface area (Å²) in [7, 11) is 0. The number of hydrogen-bond acceptors (Lipinski definition) is 4. The Labute approximate surface area is 151 Å². The second-order valence-corrected chi connectivity index (χ2v) is 6.97. The highest BCUT2D eigenvalue weighted by molar-refractivity contribution is 6.33. The summed E-state index contributed by atoms with van der Waals surface area (Å²) in [6, 6.07) is 7.16. The molecule has 1 aromatic rings. The number of carbonyl (C=O) groups excluding carboxylic acids is 3. The quantitative estimate of drug-likeness (QED) is 0.790. The highest BCUT2D eigenvalue weighted by atomic mass is 35.5. The van der Waals surface area contributed by atoms with E-state index in [0.717, 1.165) is 5.69 Å². The normalized spacial score (nSPS) is 23.4. The second-order valence-electron chi connectivity index (χ2n) is 6.56. The molecule has 8 heteroatoms. The van der Waals surface area contributed by atoms with Crippen molar-refractivity contribution in [2.75, 3.05) is 31.1 Å². The fourth-order valence-electron chi connectivity index (χ4n) is 3.18. The van der Waals surface area contributed by atoms with Gasteiger partial charge in [0, 0.05) is 32.6 Å². The van der Waals surface area contributed by atoms with Crippen LogP contribution in [0.4, 0.5) is 10.5 Å². The Balaban J connectivity index is 1.51. The van der Waals surface area contributed by atoms with Gasteiger partial charge in [0.05, 0.1) is 10.7 Å². The Hall–Kier alpha value is -2.28. The van der Waals surface area contributed by atoms with Gasteiger partial charge in [0.15, 0.2) is 0 Å². The molecule has 3 rings (SSSR count). The zero-order valence-corrected chi connectivity index (χ0v) is 14.8. The van der Waals surface area contributed by atoms with E-state index in [9.17, 15) is 14.4 Å². The van der Waals surface area contributed by atoms with E-state index in [1.807, 2.05) is 24.3 Å². The minimum absolute atomic E-state index is 0.00557. The van der Waals surface area contributed by atoms with E-state index in [1.165, 1.54) is 0 Å². The van der Waals surface area contributed by atoms with Crippen molar-refractivity contribution in [1.82, 2.24) is 15.5 Å². The molecule has 4 amide bonds. The number of piperazine rings is 1. The molecule has 0 saturated carbocycles. The molecule has 2 heterocycles. The van der Waals surface area contributed by atoms with Crippen molar-refractivity contribution in [3.8, 4) is 0 Å². The average molecular weight is 365 g/mol. The minimum Gasteiger partial charge on any atom is -0.367 e. The molecule has 1 aromatic carbocycles. The summed E-state index contributed by atoms with van der Waals surface area (Å²) in [5, 5.41) is 5.49. The number of imide groups is 1. The van der Waals surface area contributed by atoms with Gasteiger partial charge in [-0.05, 0) is 25.5 Å². The topological polar surface area (TPSA) is 81.8 Å². The first-order valence-corrected chi connectivity index (χ1v) is 8.68. The van der Waals surface area contributed by atoms with Crippen LogP contribution < -0.4 is 15.5 Å². The third-order valence-corrected chi connectivity index (χ3v) is 5.10. The summed E-state index contributed by atoms with van der Waals surface area (Å²) < 4.78 is 0. The Morgan fingerprint density at radius 1 is 1.20 bits per heavy atom. The van der Waals surface area contributed by atoms with Crippen LogP contribution in [0.3, 0.4) is 0 Å². The van der Waals surface area contributed by atoms with Crippen molar-refractivity contribution in [2.45, 2.75) is 25.3 Å². The van der Waals surface area contributed by atoms with Gasteiger partial charge in [-0.1, -0.05) is 23.7 Å². The fraction of sp³-hybridized carbons (Fsp3) is 0.471. The zero-order valence-electron chi connectivity index (χ0n) is 14.0. The van der Waals surface area contributed by atoms with Crippen LogP contribution in [-0.4, -0.2) is 54.5 Å². The van der Waals surface area contributed by atoms with Crippen LogP contribution >= 0.6 is 11.6 Å². The molecular weight excluding hydrogens is 344 g/mol. The van der Waals surface area contributed by atoms with Crippen LogP contribution in [0, 0.1) is 0 Å². The van der Waals surface area contributed by atoms with Crippen LogP contribution in [0.25, 0.3) is 0 Å². The molecule has 0 radical (unpaired) electrons. The van der Waals surface area contributed by atoms with Gasteiger partial charge in [-0.3, -0.25) is 14.9 Å². The zero-order chi connectivity index (χ0) is 18.0. The van der Waals surface area contributed by atoms with Crippen molar-refractivity contribution in [3.63, 3.8) is 0 Å². The molecule has 0 bridgehead atoms. The average Bonchev–Trinajstić information content (AvgIpc) is 2.86. The molecule has 134 valence electrons. The maximum atomic E-state index is 12.4. The van der Waals surface area contributed by atoms with Gasteiger partial charge in [-0.25, -0.2) is 4.79 Å². The molecule has 0 aliphatic carbocycles. The van der Waals surface area contributed by atoms with Crippen LogP contribution in [0.2, 0.25) is 5.02 Å². The van der Waals surface area contributed by atoms with Crippen molar-refractivity contribution in [3.05, 3.63) is 29.3 Å². The summed E-state index contributed by atoms with van der Waals surface area (Å²) in [6.45, 7) is 4.28. The number of anilines is 1. The van der Waals surface area contributed by atoms with E-state index in [2.05, 4.69) is 15.5 Å². The Morgan fingerprint density at radius 2 is 1.88 bits per heavy atom. The number of carbonyl (C=O) groups is 3. The van der Waals surface area contributed by atoms with E-state index in [4.69, 9.17) is 11.6 Å². The van der Waals surface area contributed by atoms with Gasteiger partial charge < -0.3 is 15.1 Å². The maximum Gasteiger partial charge on any atom is 0.322 e. The highest BCUT2D eigenvalue weighted by Crippen LogP contribution is 2.26. The number of rotatable bonds is 4. The van der Waals surface area contributed by atoms with Gasteiger partial charge in [-0.15, -0.1) is 0 Å². The number of hydrogen-bond donors (Lipinski definition) is 2. The third kappa shape index (κ3) is 3.71. The molecule has 2 saturated heterocycles. The van der Waals surface area contributed by atoms with Crippen molar-refractivity contribution < 1.29 is 14.4 Å². The van der Waals surface area contributed by atoms with Crippen molar-refractivity contribution >= 4 is 35.1 Å². The molecule has 2 N–H and O–H groups in total. The SMILES string of the molecule is CC1(CCC(=O)N2CCN(c3ccccc3Cl)CC2)NC(=O)NC1=O. The highest BCUT2D eigenvalue weighted by Gasteiger charge is 2.42. The van der Waals surface area contributed by atoms with E-state index < -0.39 is 11.6 Å². The Bertz CT molecular complexity index is 703. The van der Waals surface area contributed by atoms with Gasteiger partial charge in [0.1, 0.15) is 5.54 Å². The number of urea groups is 1. The minimum atomic E-state index is -1.01. The molecule has 1 unspecified atom stereocenters. The molecule has 2 aliphatic rings. The first kappa shape index (κ1) is 17.5. The third-order valence-electron chi connectivity index (χ3n) is 4.78. The monoisotopic (exact) mass is 364 g/mol. The largest absolute Gasteiger partial charge is 0.367 e. The molecule has 7 nitrogen and oxygen atoms in total. The lowest BCUT2D eigenvalue weighted by Gasteiger charge is -2.36. The van der Waals surface area contributed by atoms with Gasteiger partial charge in [0.25, 0.3) is 5.91 Å². The summed E-state index contributed by atoms with van der Waals surface area (Å²) in [5.41, 5.74) is -0.0271. The molecule has 0 aromatic heterocycles. The van der Waals surface area contributed by atoms with Crippen LogP contribution in [0.1, 0.15) is 19.8 Å². The van der Waals surface area contributed by atoms with Crippen molar-refractivity contribution in [2.24, 2.45) is 0 Å². The number of nitrogens with one attached hydrogen (secondary N) is 2. The summed E-state index contributed by atoms with van der Waals surface area (Å²) in [4.78, 5) is 39.4. The Kier molecular flexibility index (Phi) is 4.85. The van der Waals surface area contributed by atoms with Crippen LogP contribution in [0.15, 0.2) is 24.3 Å². The van der Waals surface area contributed by atoms with E-state index in [-0.39, 0.29) is 24.7 Å².